The molecule has 3 N–H and O–H groups in total. The van der Waals surface area contributed by atoms with Crippen molar-refractivity contribution in [3.8, 4) is 11.5 Å². The quantitative estimate of drug-likeness (QED) is 0.236. The molecule has 1 aliphatic rings. The molecule has 6 rings (SSSR count). The zero-order valence-electron chi connectivity index (χ0n) is 22.1. The number of fused-ring (bicyclic) bond motifs is 1. The van der Waals surface area contributed by atoms with Gasteiger partial charge in [-0.15, -0.1) is 10.2 Å². The van der Waals surface area contributed by atoms with Crippen molar-refractivity contribution in [3.63, 3.8) is 0 Å². The Kier molecular flexibility index (Phi) is 6.86. The number of sulfonamides is 1. The van der Waals surface area contributed by atoms with Gasteiger partial charge in [-0.05, 0) is 66.7 Å². The number of rotatable bonds is 8. The Balaban J connectivity index is 1.14. The lowest BCUT2D eigenvalue weighted by atomic mass is 10.2. The van der Waals surface area contributed by atoms with Crippen LogP contribution in [0.15, 0.2) is 76.0 Å². The van der Waals surface area contributed by atoms with E-state index in [2.05, 4.69) is 47.2 Å². The highest BCUT2D eigenvalue weighted by Gasteiger charge is 2.17. The van der Waals surface area contributed by atoms with Crippen molar-refractivity contribution in [1.29, 1.82) is 0 Å². The van der Waals surface area contributed by atoms with Crippen LogP contribution in [0.4, 0.5) is 23.0 Å². The zero-order valence-corrected chi connectivity index (χ0v) is 22.9. The van der Waals surface area contributed by atoms with Gasteiger partial charge >= 0.3 is 0 Å². The third-order valence-electron chi connectivity index (χ3n) is 6.59. The van der Waals surface area contributed by atoms with Crippen molar-refractivity contribution >= 4 is 44.1 Å². The largest absolute Gasteiger partial charge is 0.420 e. The maximum absolute atomic E-state index is 13.1. The average molecular weight is 560 g/mol. The van der Waals surface area contributed by atoms with Gasteiger partial charge in [0.1, 0.15) is 0 Å². The van der Waals surface area contributed by atoms with Gasteiger partial charge in [0.15, 0.2) is 0 Å². The number of imidazole rings is 1. The summed E-state index contributed by atoms with van der Waals surface area (Å²) in [7, 11) is -3.84. The van der Waals surface area contributed by atoms with Crippen LogP contribution in [0.25, 0.3) is 22.5 Å². The fourth-order valence-electron chi connectivity index (χ4n) is 4.41. The Labute approximate surface area is 231 Å². The smallest absolute Gasteiger partial charge is 0.261 e. The molecule has 1 saturated heterocycles. The van der Waals surface area contributed by atoms with Crippen molar-refractivity contribution in [2.75, 3.05) is 41.2 Å². The summed E-state index contributed by atoms with van der Waals surface area (Å²) in [5.41, 5.74) is 4.39. The molecular formula is C28H29N7O4S. The number of H-pyrrole nitrogens is 1. The van der Waals surface area contributed by atoms with Gasteiger partial charge in [-0.3, -0.25) is 4.72 Å². The molecule has 0 aliphatic carbocycles. The number of aromatic amines is 1. The predicted molar refractivity (Wildman–Crippen MR) is 153 cm³/mol. The number of morpholine rings is 1. The first-order valence-electron chi connectivity index (χ1n) is 13.0. The van der Waals surface area contributed by atoms with E-state index in [0.717, 1.165) is 37.7 Å². The molecule has 40 heavy (non-hydrogen) atoms. The Morgan fingerprint density at radius 1 is 0.925 bits per heavy atom. The summed E-state index contributed by atoms with van der Waals surface area (Å²) in [4.78, 5) is 10.1. The number of hydrogen-bond acceptors (Lipinski definition) is 9. The fraction of sp³-hybridized carbons (Fsp3) is 0.250. The van der Waals surface area contributed by atoms with E-state index in [9.17, 15) is 8.42 Å². The normalized spacial score (nSPS) is 14.1. The third kappa shape index (κ3) is 5.49. The number of nitrogens with one attached hydrogen (secondary N) is 3. The molecule has 0 spiro atoms. The first-order chi connectivity index (χ1) is 19.3. The second-order valence-electron chi connectivity index (χ2n) is 9.82. The van der Waals surface area contributed by atoms with Crippen molar-refractivity contribution in [2.24, 2.45) is 0 Å². The van der Waals surface area contributed by atoms with Gasteiger partial charge in [-0.2, -0.15) is 0 Å². The summed E-state index contributed by atoms with van der Waals surface area (Å²) in [5.74, 6) is 1.58. The van der Waals surface area contributed by atoms with Gasteiger partial charge in [-0.1, -0.05) is 13.8 Å². The highest BCUT2D eigenvalue weighted by atomic mass is 32.2. The summed E-state index contributed by atoms with van der Waals surface area (Å²) >= 11 is 0. The van der Waals surface area contributed by atoms with Gasteiger partial charge in [0.25, 0.3) is 10.0 Å². The van der Waals surface area contributed by atoms with E-state index in [1.807, 2.05) is 26.0 Å². The highest BCUT2D eigenvalue weighted by Crippen LogP contribution is 2.26. The van der Waals surface area contributed by atoms with Gasteiger partial charge in [0, 0.05) is 41.6 Å². The molecule has 0 atom stereocenters. The molecule has 0 saturated carbocycles. The standard InChI is InChI=1S/C28H29N7O4S/c1-18(2)26-32-33-27(39-26)19-3-5-21(6-4-19)34-40(36,37)23-11-12-24-25(17-23)31-28(30-24)29-20-7-9-22(10-8-20)35-13-15-38-16-14-35/h3-12,17-18,34H,13-16H2,1-2H3,(H2,29,30,31). The summed E-state index contributed by atoms with van der Waals surface area (Å²) in [6.45, 7) is 7.16. The van der Waals surface area contributed by atoms with Crippen LogP contribution >= 0.6 is 0 Å². The molecule has 0 radical (unpaired) electrons. The third-order valence-corrected chi connectivity index (χ3v) is 7.97. The van der Waals surface area contributed by atoms with Crippen LogP contribution in [0, 0.1) is 0 Å². The number of ether oxygens (including phenoxy) is 1. The van der Waals surface area contributed by atoms with E-state index in [4.69, 9.17) is 9.15 Å². The minimum Gasteiger partial charge on any atom is -0.420 e. The fourth-order valence-corrected chi connectivity index (χ4v) is 5.49. The average Bonchev–Trinajstić information content (AvgIpc) is 3.61. The monoisotopic (exact) mass is 559 g/mol. The number of nitrogens with zero attached hydrogens (tertiary/aromatic N) is 4. The Bertz CT molecular complexity index is 1720. The molecule has 1 fully saturated rings. The number of hydrogen-bond donors (Lipinski definition) is 3. The van der Waals surface area contributed by atoms with E-state index in [1.54, 1.807) is 36.4 Å². The predicted octanol–water partition coefficient (Wildman–Crippen LogP) is 5.12. The molecule has 0 unspecified atom stereocenters. The maximum Gasteiger partial charge on any atom is 0.261 e. The van der Waals surface area contributed by atoms with Crippen LogP contribution < -0.4 is 14.9 Å². The topological polar surface area (TPSA) is 138 Å². The molecular weight excluding hydrogens is 530 g/mol. The first kappa shape index (κ1) is 25.8. The lowest BCUT2D eigenvalue weighted by Gasteiger charge is -2.28. The van der Waals surface area contributed by atoms with Crippen LogP contribution in [-0.4, -0.2) is 54.9 Å². The minimum absolute atomic E-state index is 0.118. The molecule has 12 heteroatoms. The summed E-state index contributed by atoms with van der Waals surface area (Å²) in [6, 6.07) is 19.7. The van der Waals surface area contributed by atoms with Crippen LogP contribution in [0.3, 0.4) is 0 Å². The lowest BCUT2D eigenvalue weighted by Crippen LogP contribution is -2.36. The molecule has 206 valence electrons. The van der Waals surface area contributed by atoms with Crippen molar-refractivity contribution in [2.45, 2.75) is 24.7 Å². The van der Waals surface area contributed by atoms with Crippen molar-refractivity contribution in [3.05, 3.63) is 72.6 Å². The van der Waals surface area contributed by atoms with E-state index >= 15 is 0 Å². The minimum atomic E-state index is -3.84. The molecule has 1 aliphatic heterocycles. The maximum atomic E-state index is 13.1. The van der Waals surface area contributed by atoms with Gasteiger partial charge in [0.2, 0.25) is 17.7 Å². The zero-order chi connectivity index (χ0) is 27.7. The summed E-state index contributed by atoms with van der Waals surface area (Å²) in [6.07, 6.45) is 0. The molecule has 0 bridgehead atoms. The molecule has 3 aromatic carbocycles. The van der Waals surface area contributed by atoms with E-state index in [0.29, 0.717) is 40.0 Å². The molecule has 11 nitrogen and oxygen atoms in total. The SMILES string of the molecule is CC(C)c1nnc(-c2ccc(NS(=O)(=O)c3ccc4nc(Nc5ccc(N6CCOCC6)cc5)[nH]c4c3)cc2)o1. The summed E-state index contributed by atoms with van der Waals surface area (Å²) < 4.78 is 40.0. The first-order valence-corrected chi connectivity index (χ1v) is 14.5. The van der Waals surface area contributed by atoms with Gasteiger partial charge in [0.05, 0.1) is 29.1 Å². The Morgan fingerprint density at radius 2 is 1.65 bits per heavy atom. The second kappa shape index (κ2) is 10.6. The van der Waals surface area contributed by atoms with Gasteiger partial charge in [-0.25, -0.2) is 13.4 Å². The number of aromatic nitrogens is 4. The Hall–Kier alpha value is -4.42. The summed E-state index contributed by atoms with van der Waals surface area (Å²) in [5, 5.41) is 11.4. The van der Waals surface area contributed by atoms with E-state index < -0.39 is 10.0 Å². The second-order valence-corrected chi connectivity index (χ2v) is 11.5. The van der Waals surface area contributed by atoms with Gasteiger partial charge < -0.3 is 24.4 Å². The van der Waals surface area contributed by atoms with Crippen LogP contribution in [-0.2, 0) is 14.8 Å². The van der Waals surface area contributed by atoms with E-state index in [1.165, 1.54) is 6.07 Å². The number of anilines is 4. The van der Waals surface area contributed by atoms with E-state index in [-0.39, 0.29) is 10.8 Å². The Morgan fingerprint density at radius 3 is 2.35 bits per heavy atom. The number of benzene rings is 3. The lowest BCUT2D eigenvalue weighted by molar-refractivity contribution is 0.122. The van der Waals surface area contributed by atoms with Crippen LogP contribution in [0.1, 0.15) is 25.7 Å². The van der Waals surface area contributed by atoms with Crippen LogP contribution in [0.5, 0.6) is 0 Å². The van der Waals surface area contributed by atoms with Crippen molar-refractivity contribution < 1.29 is 17.6 Å². The molecule has 0 amide bonds. The van der Waals surface area contributed by atoms with Crippen molar-refractivity contribution in [1.82, 2.24) is 20.2 Å². The molecule has 5 aromatic rings. The molecule has 3 heterocycles. The highest BCUT2D eigenvalue weighted by molar-refractivity contribution is 7.92. The van der Waals surface area contributed by atoms with Crippen LogP contribution in [0.2, 0.25) is 0 Å². The molecule has 2 aromatic heterocycles.